The third-order valence-corrected chi connectivity index (χ3v) is 11.7. The van der Waals surface area contributed by atoms with E-state index in [4.69, 9.17) is 0 Å². The van der Waals surface area contributed by atoms with Crippen LogP contribution in [0.1, 0.15) is 108 Å². The Labute approximate surface area is 335 Å². The molecule has 6 rings (SSSR count). The van der Waals surface area contributed by atoms with Crippen molar-refractivity contribution in [3.8, 4) is 0 Å². The molecule has 0 saturated carbocycles. The number of likely N-dealkylation sites (tertiary alicyclic amines) is 1. The quantitative estimate of drug-likeness (QED) is 0.118. The highest BCUT2D eigenvalue weighted by molar-refractivity contribution is 9.10. The van der Waals surface area contributed by atoms with Crippen LogP contribution in [0.5, 0.6) is 0 Å². The maximum absolute atomic E-state index is 12.9. The van der Waals surface area contributed by atoms with Crippen molar-refractivity contribution in [1.29, 1.82) is 0 Å². The average Bonchev–Trinajstić information content (AvgIpc) is 3.50. The monoisotopic (exact) mass is 830 g/mol. The number of benzene rings is 2. The summed E-state index contributed by atoms with van der Waals surface area (Å²) in [6.07, 6.45) is 10.3. The number of aryl methyl sites for hydroxylation is 1. The largest absolute Gasteiger partial charge is 0.379 e. The van der Waals surface area contributed by atoms with Gasteiger partial charge in [-0.2, -0.15) is 5.10 Å². The number of carbonyl (C=O) groups is 5. The summed E-state index contributed by atoms with van der Waals surface area (Å²) in [6, 6.07) is 12.6. The van der Waals surface area contributed by atoms with Crippen molar-refractivity contribution in [3.05, 3.63) is 85.7 Å². The summed E-state index contributed by atoms with van der Waals surface area (Å²) < 4.78 is 1.78. The number of rotatable bonds is 16. The van der Waals surface area contributed by atoms with Crippen LogP contribution in [-0.4, -0.2) is 87.9 Å². The standard InChI is InChI=1S/C41H51BrN8O6/c1-48-23-28(20-31(25-48)45-33-22-44-49(2)41(56)37(33)42)26-11-13-27(14-12-26)38(53)43-19-9-7-5-3-4-6-8-10-35(51)46-30-15-16-32-29(21-30)24-50(40(32)55)34-17-18-36(52)47-39(34)54/h11-16,21-22,28,31,34,45H,3-10,17-20,23-25H2,1-2H3,(H,43,53)(H,46,51)(H,47,52,54). The molecule has 0 radical (unpaired) electrons. The zero-order valence-electron chi connectivity index (χ0n) is 32.1. The smallest absolute Gasteiger partial charge is 0.282 e. The SMILES string of the molecule is CN1CC(Nc2cnn(C)c(=O)c2Br)CC(c2ccc(C(=O)NCCCCCCCCCC(=O)Nc3ccc4c(c3)CN(C3CCC(=O)NC3=O)C4=O)cc2)C1. The Morgan fingerprint density at radius 1 is 0.929 bits per heavy atom. The van der Waals surface area contributed by atoms with Crippen LogP contribution >= 0.6 is 15.9 Å². The summed E-state index contributed by atoms with van der Waals surface area (Å²) in [4.78, 5) is 78.2. The minimum atomic E-state index is -0.668. The van der Waals surface area contributed by atoms with Crippen molar-refractivity contribution in [2.24, 2.45) is 7.05 Å². The number of nitrogens with zero attached hydrogens (tertiary/aromatic N) is 4. The van der Waals surface area contributed by atoms with Gasteiger partial charge in [-0.05, 0) is 96.0 Å². The minimum Gasteiger partial charge on any atom is -0.379 e. The summed E-state index contributed by atoms with van der Waals surface area (Å²) >= 11 is 3.41. The molecule has 56 heavy (non-hydrogen) atoms. The van der Waals surface area contributed by atoms with Crippen LogP contribution in [0.15, 0.2) is 57.9 Å². The lowest BCUT2D eigenvalue weighted by Gasteiger charge is -2.37. The van der Waals surface area contributed by atoms with E-state index in [0.29, 0.717) is 46.4 Å². The number of hydrogen-bond donors (Lipinski definition) is 4. The van der Waals surface area contributed by atoms with E-state index in [1.807, 2.05) is 24.3 Å². The summed E-state index contributed by atoms with van der Waals surface area (Å²) in [6.45, 7) is 2.65. The van der Waals surface area contributed by atoms with Crippen molar-refractivity contribution in [3.63, 3.8) is 0 Å². The molecule has 2 saturated heterocycles. The molecule has 2 aromatic carbocycles. The summed E-state index contributed by atoms with van der Waals surface area (Å²) in [5.74, 6) is -0.862. The molecular formula is C41H51BrN8O6. The highest BCUT2D eigenvalue weighted by Crippen LogP contribution is 2.31. The number of aromatic nitrogens is 2. The van der Waals surface area contributed by atoms with Crippen LogP contribution in [0, 0.1) is 0 Å². The first kappa shape index (κ1) is 40.8. The normalized spacial score (nSPS) is 19.7. The van der Waals surface area contributed by atoms with Crippen LogP contribution < -0.4 is 26.8 Å². The van der Waals surface area contributed by atoms with E-state index in [1.165, 1.54) is 15.1 Å². The second-order valence-electron chi connectivity index (χ2n) is 15.2. The van der Waals surface area contributed by atoms with Gasteiger partial charge in [-0.1, -0.05) is 44.2 Å². The number of imide groups is 1. The van der Waals surface area contributed by atoms with Crippen molar-refractivity contribution in [2.45, 2.75) is 95.2 Å². The fourth-order valence-corrected chi connectivity index (χ4v) is 8.35. The van der Waals surface area contributed by atoms with E-state index >= 15 is 0 Å². The Morgan fingerprint density at radius 3 is 2.41 bits per heavy atom. The molecule has 0 aliphatic carbocycles. The number of carbonyl (C=O) groups excluding carboxylic acids is 5. The molecule has 3 atom stereocenters. The molecule has 0 spiro atoms. The van der Waals surface area contributed by atoms with Crippen LogP contribution in [0.25, 0.3) is 0 Å². The molecule has 5 amide bonds. The first-order valence-electron chi connectivity index (χ1n) is 19.6. The zero-order valence-corrected chi connectivity index (χ0v) is 33.7. The van der Waals surface area contributed by atoms with Gasteiger partial charge in [0.15, 0.2) is 0 Å². The lowest BCUT2D eigenvalue weighted by atomic mass is 9.87. The molecule has 0 bridgehead atoms. The fourth-order valence-electron chi connectivity index (χ4n) is 7.88. The number of amides is 5. The van der Waals surface area contributed by atoms with Crippen molar-refractivity contribution >= 4 is 56.8 Å². The van der Waals surface area contributed by atoms with Crippen molar-refractivity contribution in [1.82, 2.24) is 30.2 Å². The van der Waals surface area contributed by atoms with E-state index in [0.717, 1.165) is 70.0 Å². The third-order valence-electron chi connectivity index (χ3n) is 10.9. The van der Waals surface area contributed by atoms with Gasteiger partial charge in [0.05, 0.1) is 11.9 Å². The molecule has 1 aromatic heterocycles. The molecule has 3 unspecified atom stereocenters. The number of fused-ring (bicyclic) bond motifs is 1. The van der Waals surface area contributed by atoms with E-state index < -0.39 is 11.9 Å². The molecule has 3 aliphatic heterocycles. The lowest BCUT2D eigenvalue weighted by molar-refractivity contribution is -0.137. The van der Waals surface area contributed by atoms with E-state index in [2.05, 4.69) is 54.2 Å². The number of anilines is 2. The van der Waals surface area contributed by atoms with Gasteiger partial charge in [-0.15, -0.1) is 0 Å². The highest BCUT2D eigenvalue weighted by atomic mass is 79.9. The van der Waals surface area contributed by atoms with Gasteiger partial charge in [-0.25, -0.2) is 4.68 Å². The molecule has 2 fully saturated rings. The number of likely N-dealkylation sites (N-methyl/N-ethyl adjacent to an activating group) is 1. The number of piperidine rings is 2. The average molecular weight is 832 g/mol. The Bertz CT molecular complexity index is 2000. The maximum atomic E-state index is 12.9. The molecule has 14 nitrogen and oxygen atoms in total. The Balaban J connectivity index is 0.819. The van der Waals surface area contributed by atoms with Gasteiger partial charge in [0, 0.05) is 68.9 Å². The summed E-state index contributed by atoms with van der Waals surface area (Å²) in [5, 5.41) is 15.9. The molecule has 3 aromatic rings. The Morgan fingerprint density at radius 2 is 1.66 bits per heavy atom. The first-order valence-corrected chi connectivity index (χ1v) is 20.4. The molecule has 3 aliphatic rings. The van der Waals surface area contributed by atoms with Gasteiger partial charge < -0.3 is 25.8 Å². The molecular weight excluding hydrogens is 780 g/mol. The predicted octanol–water partition coefficient (Wildman–Crippen LogP) is 4.69. The molecule has 4 N–H and O–H groups in total. The van der Waals surface area contributed by atoms with Crippen molar-refractivity contribution in [2.75, 3.05) is 37.3 Å². The van der Waals surface area contributed by atoms with Gasteiger partial charge >= 0.3 is 0 Å². The number of halogens is 1. The van der Waals surface area contributed by atoms with Gasteiger partial charge in [-0.3, -0.25) is 34.1 Å². The maximum Gasteiger partial charge on any atom is 0.282 e. The predicted molar refractivity (Wildman–Crippen MR) is 216 cm³/mol. The molecule has 298 valence electrons. The Kier molecular flexibility index (Phi) is 13.7. The number of nitrogens with one attached hydrogen (secondary N) is 4. The highest BCUT2D eigenvalue weighted by Gasteiger charge is 2.39. The summed E-state index contributed by atoms with van der Waals surface area (Å²) in [7, 11) is 3.72. The zero-order chi connectivity index (χ0) is 39.8. The van der Waals surface area contributed by atoms with Gasteiger partial charge in [0.1, 0.15) is 10.5 Å². The molecule has 4 heterocycles. The van der Waals surface area contributed by atoms with Gasteiger partial charge in [0.25, 0.3) is 17.4 Å². The summed E-state index contributed by atoms with van der Waals surface area (Å²) in [5.41, 5.74) is 4.23. The Hall–Kier alpha value is -4.89. The lowest BCUT2D eigenvalue weighted by Crippen LogP contribution is -2.52. The number of hydrogen-bond acceptors (Lipinski definition) is 9. The second kappa shape index (κ2) is 18.8. The fraction of sp³-hybridized carbons (Fsp3) is 0.488. The second-order valence-corrected chi connectivity index (χ2v) is 16.0. The topological polar surface area (TPSA) is 175 Å². The van der Waals surface area contributed by atoms with E-state index in [9.17, 15) is 28.8 Å². The van der Waals surface area contributed by atoms with Crippen LogP contribution in [0.3, 0.4) is 0 Å². The van der Waals surface area contributed by atoms with Crippen LogP contribution in [0.2, 0.25) is 0 Å². The van der Waals surface area contributed by atoms with Gasteiger partial charge in [0.2, 0.25) is 17.7 Å². The van der Waals surface area contributed by atoms with E-state index in [1.54, 1.807) is 31.4 Å². The first-order chi connectivity index (χ1) is 27.0. The van der Waals surface area contributed by atoms with Crippen molar-refractivity contribution < 1.29 is 24.0 Å². The number of unbranched alkanes of at least 4 members (excludes halogenated alkanes) is 6. The van der Waals surface area contributed by atoms with E-state index in [-0.39, 0.29) is 54.1 Å². The third kappa shape index (κ3) is 10.3. The molecule has 15 heteroatoms. The van der Waals surface area contributed by atoms with Crippen LogP contribution in [-0.2, 0) is 28.0 Å². The van der Waals surface area contributed by atoms with Crippen LogP contribution in [0.4, 0.5) is 11.4 Å². The minimum absolute atomic E-state index is 0.0688.